The zero-order chi connectivity index (χ0) is 15.4. The quantitative estimate of drug-likeness (QED) is 0.892. The number of hydrogen-bond donors (Lipinski definition) is 1. The molecule has 1 N–H and O–H groups in total. The number of aromatic nitrogens is 1. The van der Waals surface area contributed by atoms with Gasteiger partial charge in [0.15, 0.2) is 0 Å². The highest BCUT2D eigenvalue weighted by Gasteiger charge is 2.35. The molecular weight excluding hydrogens is 272 g/mol. The van der Waals surface area contributed by atoms with E-state index in [1.54, 1.807) is 19.2 Å². The number of carbonyl (C=O) groups is 2. The number of nitrogens with zero attached hydrogens (tertiary/aromatic N) is 2. The molecule has 0 aliphatic carbocycles. The Bertz CT molecular complexity index is 512. The molecule has 0 bridgehead atoms. The summed E-state index contributed by atoms with van der Waals surface area (Å²) in [6.45, 7) is 3.60. The van der Waals surface area contributed by atoms with Crippen LogP contribution in [0.1, 0.15) is 30.3 Å². The predicted molar refractivity (Wildman–Crippen MR) is 77.2 cm³/mol. The smallest absolute Gasteiger partial charge is 0.326 e. The minimum atomic E-state index is -0.926. The molecule has 21 heavy (non-hydrogen) atoms. The molecule has 2 rings (SSSR count). The highest BCUT2D eigenvalue weighted by atomic mass is 16.5. The van der Waals surface area contributed by atoms with Crippen LogP contribution in [0.25, 0.3) is 0 Å². The molecule has 2 unspecified atom stereocenters. The lowest BCUT2D eigenvalue weighted by molar-refractivity contribution is -0.144. The number of carboxylic acids is 1. The highest BCUT2D eigenvalue weighted by molar-refractivity contribution is 5.95. The average Bonchev–Trinajstić information content (AvgIpc) is 2.92. The van der Waals surface area contributed by atoms with Gasteiger partial charge in [0.25, 0.3) is 5.91 Å². The highest BCUT2D eigenvalue weighted by Crippen LogP contribution is 2.24. The second-order valence-electron chi connectivity index (χ2n) is 5.56. The zero-order valence-electron chi connectivity index (χ0n) is 12.5. The maximum atomic E-state index is 12.7. The van der Waals surface area contributed by atoms with Crippen molar-refractivity contribution in [3.63, 3.8) is 0 Å². The van der Waals surface area contributed by atoms with E-state index in [-0.39, 0.29) is 5.91 Å². The minimum absolute atomic E-state index is 0.213. The van der Waals surface area contributed by atoms with Crippen LogP contribution in [0.5, 0.6) is 0 Å². The molecule has 1 aromatic rings. The second-order valence-corrected chi connectivity index (χ2v) is 5.56. The average molecular weight is 294 g/mol. The molecular formula is C15H22N2O4. The third-order valence-corrected chi connectivity index (χ3v) is 4.00. The first-order chi connectivity index (χ1) is 10.0. The number of carboxylic acid groups (broad SMARTS) is 1. The van der Waals surface area contributed by atoms with E-state index >= 15 is 0 Å². The van der Waals surface area contributed by atoms with Crippen LogP contribution in [0, 0.1) is 5.92 Å². The molecule has 0 saturated carbocycles. The lowest BCUT2D eigenvalue weighted by Crippen LogP contribution is -2.50. The van der Waals surface area contributed by atoms with E-state index in [1.807, 2.05) is 17.7 Å². The summed E-state index contributed by atoms with van der Waals surface area (Å²) in [4.78, 5) is 25.6. The molecule has 116 valence electrons. The van der Waals surface area contributed by atoms with Crippen LogP contribution in [0.3, 0.4) is 0 Å². The van der Waals surface area contributed by atoms with E-state index in [9.17, 15) is 14.7 Å². The first kappa shape index (κ1) is 15.6. The predicted octanol–water partition coefficient (Wildman–Crippen LogP) is 1.46. The first-order valence-electron chi connectivity index (χ1n) is 7.22. The van der Waals surface area contributed by atoms with Gasteiger partial charge in [-0.2, -0.15) is 0 Å². The SMILES string of the molecule is COCCn1cccc1C(=O)N1CCC(C)CC1C(=O)O. The molecule has 2 heterocycles. The van der Waals surface area contributed by atoms with Crippen LogP contribution in [0.4, 0.5) is 0 Å². The van der Waals surface area contributed by atoms with Crippen LogP contribution in [0.15, 0.2) is 18.3 Å². The molecule has 1 fully saturated rings. The van der Waals surface area contributed by atoms with Crippen LogP contribution in [-0.2, 0) is 16.1 Å². The van der Waals surface area contributed by atoms with E-state index in [2.05, 4.69) is 0 Å². The van der Waals surface area contributed by atoms with Gasteiger partial charge in [-0.15, -0.1) is 0 Å². The Kier molecular flexibility index (Phi) is 5.01. The van der Waals surface area contributed by atoms with Crippen molar-refractivity contribution < 1.29 is 19.4 Å². The molecule has 1 aromatic heterocycles. The van der Waals surface area contributed by atoms with Gasteiger partial charge in [-0.05, 0) is 30.9 Å². The summed E-state index contributed by atoms with van der Waals surface area (Å²) in [6.07, 6.45) is 3.17. The van der Waals surface area contributed by atoms with E-state index in [0.717, 1.165) is 6.42 Å². The van der Waals surface area contributed by atoms with Gasteiger partial charge < -0.3 is 19.3 Å². The summed E-state index contributed by atoms with van der Waals surface area (Å²) in [5, 5.41) is 9.36. The molecule has 1 aliphatic heterocycles. The minimum Gasteiger partial charge on any atom is -0.480 e. The Morgan fingerprint density at radius 3 is 2.90 bits per heavy atom. The molecule has 0 spiro atoms. The van der Waals surface area contributed by atoms with Gasteiger partial charge in [-0.1, -0.05) is 6.92 Å². The normalized spacial score (nSPS) is 22.3. The number of likely N-dealkylation sites (tertiary alicyclic amines) is 1. The van der Waals surface area contributed by atoms with Crippen molar-refractivity contribution in [3.05, 3.63) is 24.0 Å². The summed E-state index contributed by atoms with van der Waals surface area (Å²) in [7, 11) is 1.61. The third-order valence-electron chi connectivity index (χ3n) is 4.00. The largest absolute Gasteiger partial charge is 0.480 e. The third kappa shape index (κ3) is 3.44. The van der Waals surface area contributed by atoms with Crippen LogP contribution in [-0.4, -0.2) is 52.8 Å². The topological polar surface area (TPSA) is 71.8 Å². The fraction of sp³-hybridized carbons (Fsp3) is 0.600. The molecule has 6 heteroatoms. The summed E-state index contributed by atoms with van der Waals surface area (Å²) in [6, 6.07) is 2.80. The number of ether oxygens (including phenoxy) is 1. The van der Waals surface area contributed by atoms with E-state index < -0.39 is 12.0 Å². The number of amides is 1. The molecule has 6 nitrogen and oxygen atoms in total. The van der Waals surface area contributed by atoms with Crippen LogP contribution < -0.4 is 0 Å². The molecule has 0 aromatic carbocycles. The van der Waals surface area contributed by atoms with Crippen LogP contribution in [0.2, 0.25) is 0 Å². The van der Waals surface area contributed by atoms with E-state index in [0.29, 0.717) is 37.7 Å². The molecule has 1 saturated heterocycles. The fourth-order valence-electron chi connectivity index (χ4n) is 2.76. The summed E-state index contributed by atoms with van der Waals surface area (Å²) < 4.78 is 6.84. The Morgan fingerprint density at radius 1 is 1.48 bits per heavy atom. The van der Waals surface area contributed by atoms with Crippen molar-refractivity contribution in [3.8, 4) is 0 Å². The standard InChI is InChI=1S/C15H22N2O4/c1-11-5-7-17(13(10-11)15(19)20)14(18)12-4-3-6-16(12)8-9-21-2/h3-4,6,11,13H,5,7-10H2,1-2H3,(H,19,20). The van der Waals surface area contributed by atoms with Crippen molar-refractivity contribution >= 4 is 11.9 Å². The van der Waals surface area contributed by atoms with Gasteiger partial charge >= 0.3 is 5.97 Å². The number of methoxy groups -OCH3 is 1. The van der Waals surface area contributed by atoms with Gasteiger partial charge in [-0.25, -0.2) is 4.79 Å². The van der Waals surface area contributed by atoms with Crippen molar-refractivity contribution in [1.29, 1.82) is 0 Å². The summed E-state index contributed by atoms with van der Waals surface area (Å²) in [5.74, 6) is -0.810. The number of rotatable bonds is 5. The van der Waals surface area contributed by atoms with Gasteiger partial charge in [0, 0.05) is 26.4 Å². The lowest BCUT2D eigenvalue weighted by atomic mass is 9.92. The number of piperidine rings is 1. The molecule has 2 atom stereocenters. The number of carbonyl (C=O) groups excluding carboxylic acids is 1. The van der Waals surface area contributed by atoms with Gasteiger partial charge in [-0.3, -0.25) is 4.79 Å². The van der Waals surface area contributed by atoms with Crippen molar-refractivity contribution in [2.75, 3.05) is 20.3 Å². The Morgan fingerprint density at radius 2 is 2.24 bits per heavy atom. The van der Waals surface area contributed by atoms with E-state index in [1.165, 1.54) is 4.90 Å². The van der Waals surface area contributed by atoms with Crippen molar-refractivity contribution in [2.45, 2.75) is 32.4 Å². The summed E-state index contributed by atoms with van der Waals surface area (Å²) in [5.41, 5.74) is 0.521. The fourth-order valence-corrected chi connectivity index (χ4v) is 2.76. The lowest BCUT2D eigenvalue weighted by Gasteiger charge is -2.36. The Labute approximate surface area is 124 Å². The maximum Gasteiger partial charge on any atom is 0.326 e. The van der Waals surface area contributed by atoms with E-state index in [4.69, 9.17) is 4.74 Å². The Hall–Kier alpha value is -1.82. The Balaban J connectivity index is 2.18. The molecule has 0 radical (unpaired) electrons. The maximum absolute atomic E-state index is 12.7. The van der Waals surface area contributed by atoms with Crippen molar-refractivity contribution in [1.82, 2.24) is 9.47 Å². The van der Waals surface area contributed by atoms with Gasteiger partial charge in [0.1, 0.15) is 11.7 Å². The zero-order valence-corrected chi connectivity index (χ0v) is 12.5. The monoisotopic (exact) mass is 294 g/mol. The number of aliphatic carboxylic acids is 1. The first-order valence-corrected chi connectivity index (χ1v) is 7.22. The second kappa shape index (κ2) is 6.76. The van der Waals surface area contributed by atoms with Crippen LogP contribution >= 0.6 is 0 Å². The summed E-state index contributed by atoms with van der Waals surface area (Å²) >= 11 is 0. The van der Waals surface area contributed by atoms with Gasteiger partial charge in [0.05, 0.1) is 6.61 Å². The van der Waals surface area contributed by atoms with Crippen molar-refractivity contribution in [2.24, 2.45) is 5.92 Å². The number of hydrogen-bond acceptors (Lipinski definition) is 3. The molecule has 1 aliphatic rings. The molecule has 1 amide bonds. The van der Waals surface area contributed by atoms with Gasteiger partial charge in [0.2, 0.25) is 0 Å².